The lowest BCUT2D eigenvalue weighted by molar-refractivity contribution is -0.222. The van der Waals surface area contributed by atoms with Crippen molar-refractivity contribution in [2.45, 2.75) is 49.5 Å². The van der Waals surface area contributed by atoms with Crippen LogP contribution in [0.25, 0.3) is 6.08 Å². The highest BCUT2D eigenvalue weighted by Crippen LogP contribution is 2.29. The molecule has 6 atom stereocenters. The molecule has 1 aliphatic heterocycles. The van der Waals surface area contributed by atoms with Gasteiger partial charge in [0.25, 0.3) is 0 Å². The number of aliphatic hydroxyl groups excluding tert-OH is 4. The number of hydrogen-bond acceptors (Lipinski definition) is 10. The van der Waals surface area contributed by atoms with Gasteiger partial charge in [0, 0.05) is 0 Å². The van der Waals surface area contributed by atoms with Gasteiger partial charge in [0.1, 0.15) is 30.5 Å². The maximum atomic E-state index is 12.7. The second-order valence-corrected chi connectivity index (χ2v) is 7.88. The number of ketones is 1. The molecule has 0 aromatic heterocycles. The Kier molecular flexibility index (Phi) is 7.57. The summed E-state index contributed by atoms with van der Waals surface area (Å²) >= 11 is 0. The minimum atomic E-state index is -1.78. The molecule has 1 heterocycles. The molecule has 10 nitrogen and oxygen atoms in total. The molecular formula is C23H26O10. The standard InChI is InChI=1S/C23H26O10/c24-13-5-1-11(9-16(13)27)3-7-15(26)19(29)23-22(32)21(31)20(30)18(33-23)8-4-12-2-6-14(25)17(28)10-12/h1-3,5-7,9-10,15,18,20-28,30-32H,4,8H2/t15?,18?,20-,21+,22-,23+/m0/s1. The molecule has 0 saturated carbocycles. The van der Waals surface area contributed by atoms with Crippen LogP contribution in [0.5, 0.6) is 23.0 Å². The summed E-state index contributed by atoms with van der Waals surface area (Å²) in [5.74, 6) is -2.27. The van der Waals surface area contributed by atoms with Crippen molar-refractivity contribution in [1.82, 2.24) is 0 Å². The molecule has 3 rings (SSSR count). The lowest BCUT2D eigenvalue weighted by atomic mass is 9.89. The van der Waals surface area contributed by atoms with Crippen LogP contribution in [0.3, 0.4) is 0 Å². The van der Waals surface area contributed by atoms with Crippen LogP contribution in [0.1, 0.15) is 17.5 Å². The minimum absolute atomic E-state index is 0.109. The highest BCUT2D eigenvalue weighted by atomic mass is 16.5. The van der Waals surface area contributed by atoms with Gasteiger partial charge in [-0.1, -0.05) is 18.2 Å². The van der Waals surface area contributed by atoms with Gasteiger partial charge < -0.3 is 45.6 Å². The van der Waals surface area contributed by atoms with E-state index < -0.39 is 42.4 Å². The number of benzene rings is 2. The van der Waals surface area contributed by atoms with E-state index in [4.69, 9.17) is 4.74 Å². The number of phenols is 4. The zero-order valence-electron chi connectivity index (χ0n) is 17.4. The molecule has 0 amide bonds. The zero-order chi connectivity index (χ0) is 24.3. The number of aryl methyl sites for hydroxylation is 1. The summed E-state index contributed by atoms with van der Waals surface area (Å²) in [5.41, 5.74) is 0.984. The largest absolute Gasteiger partial charge is 0.504 e. The summed E-state index contributed by atoms with van der Waals surface area (Å²) in [5, 5.41) is 78.8. The van der Waals surface area contributed by atoms with Gasteiger partial charge in [0.15, 0.2) is 28.8 Å². The Balaban J connectivity index is 1.68. The summed E-state index contributed by atoms with van der Waals surface area (Å²) < 4.78 is 5.54. The molecule has 2 aromatic carbocycles. The summed E-state index contributed by atoms with van der Waals surface area (Å²) in [6.45, 7) is 0. The Bertz CT molecular complexity index is 1020. The van der Waals surface area contributed by atoms with Crippen LogP contribution in [0, 0.1) is 0 Å². The first-order valence-electron chi connectivity index (χ1n) is 10.2. The summed E-state index contributed by atoms with van der Waals surface area (Å²) in [6.07, 6.45) is -6.59. The quantitative estimate of drug-likeness (QED) is 0.259. The average molecular weight is 462 g/mol. The van der Waals surface area contributed by atoms with E-state index in [1.165, 1.54) is 36.4 Å². The van der Waals surface area contributed by atoms with E-state index in [1.54, 1.807) is 6.07 Å². The van der Waals surface area contributed by atoms with Crippen molar-refractivity contribution in [3.05, 3.63) is 53.6 Å². The van der Waals surface area contributed by atoms with Crippen molar-refractivity contribution >= 4 is 11.9 Å². The van der Waals surface area contributed by atoms with E-state index in [0.717, 1.165) is 6.08 Å². The van der Waals surface area contributed by atoms with Crippen molar-refractivity contribution in [2.75, 3.05) is 0 Å². The fourth-order valence-corrected chi connectivity index (χ4v) is 3.57. The summed E-state index contributed by atoms with van der Waals surface area (Å²) in [6, 6.07) is 8.05. The van der Waals surface area contributed by atoms with Crippen molar-refractivity contribution < 1.29 is 50.4 Å². The van der Waals surface area contributed by atoms with Crippen molar-refractivity contribution in [3.63, 3.8) is 0 Å². The lowest BCUT2D eigenvalue weighted by Gasteiger charge is -2.40. The molecule has 1 fully saturated rings. The number of aliphatic hydroxyl groups is 4. The van der Waals surface area contributed by atoms with E-state index in [9.17, 15) is 45.6 Å². The van der Waals surface area contributed by atoms with Crippen LogP contribution in [0.4, 0.5) is 0 Å². The van der Waals surface area contributed by atoms with Gasteiger partial charge in [-0.15, -0.1) is 0 Å². The molecule has 0 aliphatic carbocycles. The first kappa shape index (κ1) is 24.5. The van der Waals surface area contributed by atoms with Crippen LogP contribution in [-0.2, 0) is 16.0 Å². The Morgan fingerprint density at radius 1 is 0.879 bits per heavy atom. The molecule has 0 bridgehead atoms. The third kappa shape index (κ3) is 5.62. The van der Waals surface area contributed by atoms with E-state index in [2.05, 4.69) is 0 Å². The van der Waals surface area contributed by atoms with E-state index in [0.29, 0.717) is 11.1 Å². The van der Waals surface area contributed by atoms with Gasteiger partial charge in [-0.3, -0.25) is 4.79 Å². The minimum Gasteiger partial charge on any atom is -0.504 e. The van der Waals surface area contributed by atoms with Gasteiger partial charge in [-0.05, 0) is 54.3 Å². The number of carbonyl (C=O) groups is 1. The Labute approximate surface area is 188 Å². The normalized spacial score (nSPS) is 26.4. The van der Waals surface area contributed by atoms with Crippen molar-refractivity contribution in [3.8, 4) is 23.0 Å². The fraction of sp³-hybridized carbons (Fsp3) is 0.348. The predicted octanol–water partition coefficient (Wildman–Crippen LogP) is -0.0649. The van der Waals surface area contributed by atoms with E-state index in [1.807, 2.05) is 0 Å². The molecule has 2 aromatic rings. The first-order valence-corrected chi connectivity index (χ1v) is 10.2. The number of Topliss-reactive ketones (excluding diaryl/α,β-unsaturated/α-hetero) is 1. The fourth-order valence-electron chi connectivity index (χ4n) is 3.57. The highest BCUT2D eigenvalue weighted by molar-refractivity contribution is 5.90. The molecule has 178 valence electrons. The third-order valence-corrected chi connectivity index (χ3v) is 5.51. The molecular weight excluding hydrogens is 436 g/mol. The molecule has 1 aliphatic rings. The van der Waals surface area contributed by atoms with Crippen LogP contribution in [-0.4, -0.2) is 83.3 Å². The van der Waals surface area contributed by atoms with Crippen LogP contribution >= 0.6 is 0 Å². The van der Waals surface area contributed by atoms with Gasteiger partial charge in [-0.25, -0.2) is 0 Å². The number of aromatic hydroxyl groups is 4. The maximum Gasteiger partial charge on any atom is 0.196 e. The number of phenolic OH excluding ortho intramolecular Hbond substituents is 4. The van der Waals surface area contributed by atoms with Crippen LogP contribution in [0.2, 0.25) is 0 Å². The number of rotatable bonds is 7. The van der Waals surface area contributed by atoms with E-state index >= 15 is 0 Å². The number of ether oxygens (including phenoxy) is 1. The molecule has 8 N–H and O–H groups in total. The smallest absolute Gasteiger partial charge is 0.196 e. The summed E-state index contributed by atoms with van der Waals surface area (Å²) in [4.78, 5) is 12.7. The topological polar surface area (TPSA) is 188 Å². The van der Waals surface area contributed by atoms with Gasteiger partial charge >= 0.3 is 0 Å². The van der Waals surface area contributed by atoms with Crippen molar-refractivity contribution in [1.29, 1.82) is 0 Å². The van der Waals surface area contributed by atoms with Gasteiger partial charge in [0.2, 0.25) is 0 Å². The average Bonchev–Trinajstić information content (AvgIpc) is 2.79. The molecule has 33 heavy (non-hydrogen) atoms. The Morgan fingerprint density at radius 2 is 1.52 bits per heavy atom. The highest BCUT2D eigenvalue weighted by Gasteiger charge is 2.47. The Hall–Kier alpha value is -3.15. The van der Waals surface area contributed by atoms with E-state index in [-0.39, 0.29) is 35.8 Å². The monoisotopic (exact) mass is 462 g/mol. The molecule has 0 radical (unpaired) electrons. The Morgan fingerprint density at radius 3 is 2.15 bits per heavy atom. The van der Waals surface area contributed by atoms with Crippen molar-refractivity contribution in [2.24, 2.45) is 0 Å². The molecule has 1 saturated heterocycles. The predicted molar refractivity (Wildman–Crippen MR) is 115 cm³/mol. The second kappa shape index (κ2) is 10.2. The molecule has 10 heteroatoms. The number of carbonyl (C=O) groups excluding carboxylic acids is 1. The SMILES string of the molecule is O=C(C(O)C=Cc1ccc(O)c(O)c1)[C@H]1OC(CCc2ccc(O)c(O)c2)[C@H](O)[C@@H](O)[C@@H]1O. The molecule has 2 unspecified atom stereocenters. The summed E-state index contributed by atoms with van der Waals surface area (Å²) in [7, 11) is 0. The number of hydrogen-bond donors (Lipinski definition) is 8. The lowest BCUT2D eigenvalue weighted by Crippen LogP contribution is -2.60. The van der Waals surface area contributed by atoms with Crippen LogP contribution in [0.15, 0.2) is 42.5 Å². The van der Waals surface area contributed by atoms with Gasteiger partial charge in [-0.2, -0.15) is 0 Å². The van der Waals surface area contributed by atoms with Gasteiger partial charge in [0.05, 0.1) is 6.10 Å². The second-order valence-electron chi connectivity index (χ2n) is 7.88. The molecule has 0 spiro atoms. The first-order chi connectivity index (χ1) is 15.6. The third-order valence-electron chi connectivity index (χ3n) is 5.51. The van der Waals surface area contributed by atoms with Crippen LogP contribution < -0.4 is 0 Å². The zero-order valence-corrected chi connectivity index (χ0v) is 17.4. The maximum absolute atomic E-state index is 12.7.